The van der Waals surface area contributed by atoms with Crippen LogP contribution in [-0.4, -0.2) is 131 Å². The fourth-order valence-electron chi connectivity index (χ4n) is 9.30. The van der Waals surface area contributed by atoms with Gasteiger partial charge in [-0.2, -0.15) is 15.1 Å². The summed E-state index contributed by atoms with van der Waals surface area (Å²) in [6, 6.07) is 22.2. The second-order valence-corrected chi connectivity index (χ2v) is 16.6. The predicted octanol–water partition coefficient (Wildman–Crippen LogP) is 4.60. The Bertz CT molecular complexity index is 2580. The zero-order valence-corrected chi connectivity index (χ0v) is 34.9. The van der Waals surface area contributed by atoms with E-state index >= 15 is 4.39 Å². The molecular formula is C46H47FN10O6. The highest BCUT2D eigenvalue weighted by molar-refractivity contribution is 6.23. The number of hydrogen-bond acceptors (Lipinski definition) is 13. The Labute approximate surface area is 363 Å². The number of nitrogens with zero attached hydrogens (tertiary/aromatic N) is 9. The lowest BCUT2D eigenvalue weighted by molar-refractivity contribution is -0.136. The van der Waals surface area contributed by atoms with Gasteiger partial charge in [0.25, 0.3) is 11.8 Å². The van der Waals surface area contributed by atoms with Gasteiger partial charge in [-0.3, -0.25) is 34.3 Å². The third-order valence-corrected chi connectivity index (χ3v) is 12.7. The molecule has 7 heterocycles. The minimum Gasteiger partial charge on any atom is -0.424 e. The van der Waals surface area contributed by atoms with Crippen LogP contribution in [0, 0.1) is 12.7 Å². The van der Waals surface area contributed by atoms with E-state index in [4.69, 9.17) is 24.5 Å². The first-order valence-corrected chi connectivity index (χ1v) is 21.6. The van der Waals surface area contributed by atoms with Crippen molar-refractivity contribution in [2.24, 2.45) is 0 Å². The molecule has 16 nitrogen and oxygen atoms in total. The molecule has 0 saturated carbocycles. The molecule has 1 N–H and O–H groups in total. The van der Waals surface area contributed by atoms with Crippen molar-refractivity contribution in [3.8, 4) is 28.8 Å². The Morgan fingerprint density at radius 3 is 2.21 bits per heavy atom. The molecule has 17 heteroatoms. The van der Waals surface area contributed by atoms with Gasteiger partial charge in [0.15, 0.2) is 5.82 Å². The van der Waals surface area contributed by atoms with Crippen molar-refractivity contribution in [1.29, 1.82) is 0 Å². The normalized spacial score (nSPS) is 20.1. The van der Waals surface area contributed by atoms with E-state index in [0.29, 0.717) is 57.0 Å². The number of carbonyl (C=O) groups excluding carboxylic acids is 4. The number of anilines is 3. The Hall–Kier alpha value is -6.72. The number of morpholine rings is 1. The largest absolute Gasteiger partial charge is 0.424 e. The number of piperidine rings is 2. The van der Waals surface area contributed by atoms with E-state index in [-0.39, 0.29) is 35.7 Å². The lowest BCUT2D eigenvalue weighted by atomic mass is 10.0. The minimum absolute atomic E-state index is 0.0184. The molecule has 4 fully saturated rings. The van der Waals surface area contributed by atoms with Crippen molar-refractivity contribution in [3.63, 3.8) is 0 Å². The fourth-order valence-corrected chi connectivity index (χ4v) is 9.30. The first-order valence-electron chi connectivity index (χ1n) is 21.6. The number of carbonyl (C=O) groups is 4. The maximum absolute atomic E-state index is 15.6. The van der Waals surface area contributed by atoms with Gasteiger partial charge in [0, 0.05) is 88.3 Å². The van der Waals surface area contributed by atoms with E-state index in [0.717, 1.165) is 78.3 Å². The summed E-state index contributed by atoms with van der Waals surface area (Å²) in [5.41, 5.74) is 4.43. The van der Waals surface area contributed by atoms with Gasteiger partial charge in [-0.05, 0) is 74.7 Å². The van der Waals surface area contributed by atoms with Crippen LogP contribution < -0.4 is 24.8 Å². The molecule has 3 aromatic carbocycles. The minimum atomic E-state index is -1.10. The van der Waals surface area contributed by atoms with Crippen LogP contribution in [0.3, 0.4) is 0 Å². The number of benzene rings is 3. The smallest absolute Gasteiger partial charge is 0.326 e. The Balaban J connectivity index is 0.754. The molecule has 5 aromatic rings. The lowest BCUT2D eigenvalue weighted by Crippen LogP contribution is -2.54. The highest BCUT2D eigenvalue weighted by atomic mass is 19.1. The summed E-state index contributed by atoms with van der Waals surface area (Å²) in [4.78, 5) is 70.1. The number of aryl methyl sites for hydroxylation is 1. The Morgan fingerprint density at radius 2 is 1.48 bits per heavy atom. The van der Waals surface area contributed by atoms with Crippen molar-refractivity contribution >= 4 is 40.8 Å². The summed E-state index contributed by atoms with van der Waals surface area (Å²) in [7, 11) is 0. The summed E-state index contributed by atoms with van der Waals surface area (Å²) in [5.74, 6) is -1.12. The number of aromatic nitrogens is 4. The molecule has 324 valence electrons. The maximum Gasteiger partial charge on any atom is 0.326 e. The molecule has 5 aliphatic rings. The SMILES string of the molecule is Cc1cccc(-c2ccn(-c3cc(N4CCOCC4)nc(Oc4ccc(N5CCC(N6CCN(c7cc8c(cc7F)C(=O)N(C7CCC(=O)NC7=O)C8=O)CC6)CC5)cc4)n3)n2)c1. The van der Waals surface area contributed by atoms with Gasteiger partial charge in [-0.25, -0.2) is 9.07 Å². The van der Waals surface area contributed by atoms with Crippen molar-refractivity contribution in [1.82, 2.24) is 34.9 Å². The van der Waals surface area contributed by atoms with Crippen molar-refractivity contribution in [2.45, 2.75) is 44.7 Å². The number of rotatable bonds is 9. The molecule has 0 radical (unpaired) electrons. The van der Waals surface area contributed by atoms with E-state index < -0.39 is 35.5 Å². The predicted molar refractivity (Wildman–Crippen MR) is 231 cm³/mol. The average molecular weight is 855 g/mol. The first-order chi connectivity index (χ1) is 30.6. The zero-order valence-electron chi connectivity index (χ0n) is 34.9. The van der Waals surface area contributed by atoms with Crippen LogP contribution in [0.1, 0.15) is 52.0 Å². The molecule has 1 atom stereocenters. The maximum atomic E-state index is 15.6. The third kappa shape index (κ3) is 8.09. The van der Waals surface area contributed by atoms with E-state index in [1.165, 1.54) is 6.07 Å². The van der Waals surface area contributed by atoms with Crippen molar-refractivity contribution < 1.29 is 33.0 Å². The van der Waals surface area contributed by atoms with Gasteiger partial charge in [0.2, 0.25) is 11.8 Å². The van der Waals surface area contributed by atoms with Crippen LogP contribution in [0.15, 0.2) is 79.0 Å². The van der Waals surface area contributed by atoms with E-state index in [2.05, 4.69) is 51.2 Å². The van der Waals surface area contributed by atoms with E-state index in [1.54, 1.807) is 4.68 Å². The summed E-state index contributed by atoms with van der Waals surface area (Å²) in [5, 5.41) is 7.03. The standard InChI is InChI=1S/C46H47FN10O6/c1-29-3-2-4-30(25-29)37-13-16-56(51-37)41-28-40(55-21-23-62-24-22-55)48-46(49-41)63-33-7-5-31(6-8-33)52-14-11-32(12-15-52)53-17-19-54(20-18-53)39-27-35-34(26-36(39)47)44(60)57(45(35)61)38-9-10-42(58)50-43(38)59/h2-8,13,16,25-28,32,38H,9-12,14-15,17-24H2,1H3,(H,50,58,59). The number of amides is 4. The topological polar surface area (TPSA) is 159 Å². The molecule has 1 unspecified atom stereocenters. The third-order valence-electron chi connectivity index (χ3n) is 12.7. The molecule has 63 heavy (non-hydrogen) atoms. The molecule has 0 bridgehead atoms. The summed E-state index contributed by atoms with van der Waals surface area (Å²) < 4.78 is 29.2. The van der Waals surface area contributed by atoms with Gasteiger partial charge in [-0.15, -0.1) is 0 Å². The van der Waals surface area contributed by atoms with Crippen molar-refractivity contribution in [3.05, 3.63) is 102 Å². The molecule has 0 spiro atoms. The Morgan fingerprint density at radius 1 is 0.746 bits per heavy atom. The van der Waals surface area contributed by atoms with Crippen LogP contribution in [0.25, 0.3) is 17.1 Å². The number of hydrogen-bond donors (Lipinski definition) is 1. The molecule has 5 aliphatic heterocycles. The van der Waals surface area contributed by atoms with Gasteiger partial charge in [0.05, 0.1) is 35.7 Å². The number of nitrogens with one attached hydrogen (secondary N) is 1. The molecule has 2 aromatic heterocycles. The van der Waals surface area contributed by atoms with E-state index in [9.17, 15) is 19.2 Å². The second-order valence-electron chi connectivity index (χ2n) is 16.6. The number of piperazine rings is 1. The lowest BCUT2D eigenvalue weighted by Gasteiger charge is -2.44. The molecule has 4 saturated heterocycles. The quantitative estimate of drug-likeness (QED) is 0.206. The number of ether oxygens (including phenoxy) is 2. The summed E-state index contributed by atoms with van der Waals surface area (Å²) in [6.45, 7) is 9.07. The fraction of sp³-hybridized carbons (Fsp3) is 0.370. The van der Waals surface area contributed by atoms with Gasteiger partial charge in [0.1, 0.15) is 23.4 Å². The summed E-state index contributed by atoms with van der Waals surface area (Å²) >= 11 is 0. The first kappa shape index (κ1) is 40.4. The molecular weight excluding hydrogens is 808 g/mol. The van der Waals surface area contributed by atoms with E-state index in [1.807, 2.05) is 47.5 Å². The number of imide groups is 2. The van der Waals surface area contributed by atoms with Gasteiger partial charge >= 0.3 is 6.01 Å². The second kappa shape index (κ2) is 16.9. The van der Waals surface area contributed by atoms with Crippen LogP contribution in [0.5, 0.6) is 11.8 Å². The molecule has 0 aliphatic carbocycles. The number of fused-ring (bicyclic) bond motifs is 1. The highest BCUT2D eigenvalue weighted by Gasteiger charge is 2.45. The monoisotopic (exact) mass is 854 g/mol. The van der Waals surface area contributed by atoms with Crippen molar-refractivity contribution in [2.75, 3.05) is 80.3 Å². The van der Waals surface area contributed by atoms with Crippen LogP contribution in [0.4, 0.5) is 21.6 Å². The Kier molecular flexibility index (Phi) is 10.8. The average Bonchev–Trinajstić information content (AvgIpc) is 3.89. The summed E-state index contributed by atoms with van der Waals surface area (Å²) in [6.07, 6.45) is 3.91. The van der Waals surface area contributed by atoms with Crippen LogP contribution in [-0.2, 0) is 14.3 Å². The zero-order chi connectivity index (χ0) is 43.2. The molecule has 4 amide bonds. The van der Waals surface area contributed by atoms with Gasteiger partial charge in [-0.1, -0.05) is 23.8 Å². The van der Waals surface area contributed by atoms with Crippen LogP contribution in [0.2, 0.25) is 0 Å². The highest BCUT2D eigenvalue weighted by Crippen LogP contribution is 2.34. The number of halogens is 1. The molecule has 10 rings (SSSR count). The van der Waals surface area contributed by atoms with Crippen LogP contribution >= 0.6 is 0 Å². The van der Waals surface area contributed by atoms with Gasteiger partial charge < -0.3 is 24.2 Å².